The van der Waals surface area contributed by atoms with Gasteiger partial charge < -0.3 is 15.5 Å². The minimum absolute atomic E-state index is 0.00368. The van der Waals surface area contributed by atoms with E-state index >= 15 is 0 Å². The average molecular weight is 175 g/mol. The Hall–Kier alpha value is -0.120. The normalized spacial score (nSPS) is 12.0. The Balaban J connectivity index is 3.76. The van der Waals surface area contributed by atoms with Crippen molar-refractivity contribution < 1.29 is 10.2 Å². The van der Waals surface area contributed by atoms with Crippen LogP contribution in [0.15, 0.2) is 0 Å². The Labute approximate surface area is 74.8 Å². The highest BCUT2D eigenvalue weighted by Crippen LogP contribution is 2.07. The second-order valence-corrected chi connectivity index (χ2v) is 3.23. The Morgan fingerprint density at radius 3 is 2.08 bits per heavy atom. The van der Waals surface area contributed by atoms with E-state index in [9.17, 15) is 0 Å². The maximum atomic E-state index is 9.05. The second kappa shape index (κ2) is 6.40. The van der Waals surface area contributed by atoms with Crippen LogP contribution in [-0.4, -0.2) is 35.5 Å². The molecule has 12 heavy (non-hydrogen) atoms. The van der Waals surface area contributed by atoms with E-state index in [1.165, 1.54) is 0 Å². The summed E-state index contributed by atoms with van der Waals surface area (Å²) in [6.07, 6.45) is 2.97. The van der Waals surface area contributed by atoms with E-state index < -0.39 is 5.54 Å². The van der Waals surface area contributed by atoms with Crippen molar-refractivity contribution in [2.75, 3.05) is 19.8 Å². The summed E-state index contributed by atoms with van der Waals surface area (Å²) < 4.78 is 0. The van der Waals surface area contributed by atoms with Crippen molar-refractivity contribution in [3.05, 3.63) is 0 Å². The Kier molecular flexibility index (Phi) is 6.34. The number of unbranched alkanes of at least 4 members (excludes halogenated alkanes) is 1. The molecule has 0 saturated heterocycles. The van der Waals surface area contributed by atoms with E-state index in [0.717, 1.165) is 25.8 Å². The third-order valence-corrected chi connectivity index (χ3v) is 2.31. The van der Waals surface area contributed by atoms with Crippen molar-refractivity contribution in [1.29, 1.82) is 0 Å². The molecule has 0 aromatic rings. The van der Waals surface area contributed by atoms with Gasteiger partial charge in [-0.1, -0.05) is 20.3 Å². The highest BCUT2D eigenvalue weighted by atomic mass is 16.3. The lowest BCUT2D eigenvalue weighted by molar-refractivity contribution is 0.0877. The van der Waals surface area contributed by atoms with Crippen LogP contribution < -0.4 is 5.32 Å². The largest absolute Gasteiger partial charge is 0.394 e. The third kappa shape index (κ3) is 3.52. The number of aliphatic hydroxyl groups excluding tert-OH is 2. The lowest BCUT2D eigenvalue weighted by Crippen LogP contribution is -2.51. The molecule has 3 nitrogen and oxygen atoms in total. The van der Waals surface area contributed by atoms with Gasteiger partial charge in [0.25, 0.3) is 0 Å². The zero-order valence-corrected chi connectivity index (χ0v) is 8.14. The average Bonchev–Trinajstić information content (AvgIpc) is 2.14. The van der Waals surface area contributed by atoms with Gasteiger partial charge in [0.05, 0.1) is 18.8 Å². The molecule has 0 heterocycles. The number of hydrogen-bond donors (Lipinski definition) is 3. The van der Waals surface area contributed by atoms with E-state index in [1.54, 1.807) is 0 Å². The smallest absolute Gasteiger partial charge is 0.0645 e. The predicted octanol–water partition coefficient (Wildman–Crippen LogP) is 0.510. The molecule has 0 aromatic carbocycles. The molecule has 3 N–H and O–H groups in total. The van der Waals surface area contributed by atoms with E-state index in [2.05, 4.69) is 12.2 Å². The zero-order chi connectivity index (χ0) is 9.45. The van der Waals surface area contributed by atoms with Crippen LogP contribution in [0.1, 0.15) is 33.1 Å². The van der Waals surface area contributed by atoms with Crippen LogP contribution in [0.4, 0.5) is 0 Å². The zero-order valence-electron chi connectivity index (χ0n) is 8.14. The van der Waals surface area contributed by atoms with Crippen molar-refractivity contribution in [3.8, 4) is 0 Å². The predicted molar refractivity (Wildman–Crippen MR) is 50.1 cm³/mol. The Morgan fingerprint density at radius 2 is 1.75 bits per heavy atom. The third-order valence-electron chi connectivity index (χ3n) is 2.31. The number of aliphatic hydroxyl groups is 2. The SMILES string of the molecule is CCCCNC(CC)(CO)CO. The van der Waals surface area contributed by atoms with Gasteiger partial charge in [0.1, 0.15) is 0 Å². The van der Waals surface area contributed by atoms with Crippen molar-refractivity contribution in [1.82, 2.24) is 5.32 Å². The van der Waals surface area contributed by atoms with E-state index in [4.69, 9.17) is 10.2 Å². The molecule has 3 heteroatoms. The first-order valence-corrected chi connectivity index (χ1v) is 4.71. The summed E-state index contributed by atoms with van der Waals surface area (Å²) in [4.78, 5) is 0. The molecule has 0 aliphatic rings. The van der Waals surface area contributed by atoms with E-state index in [0.29, 0.717) is 0 Å². The molecular weight excluding hydrogens is 154 g/mol. The quantitative estimate of drug-likeness (QED) is 0.494. The lowest BCUT2D eigenvalue weighted by Gasteiger charge is -2.29. The Bertz CT molecular complexity index is 94.4. The standard InChI is InChI=1S/C9H21NO2/c1-3-5-6-10-9(4-2,7-11)8-12/h10-12H,3-8H2,1-2H3. The molecule has 0 saturated carbocycles. The van der Waals surface area contributed by atoms with Crippen LogP contribution in [0.5, 0.6) is 0 Å². The summed E-state index contributed by atoms with van der Waals surface area (Å²) in [5.74, 6) is 0. The van der Waals surface area contributed by atoms with Crippen LogP contribution >= 0.6 is 0 Å². The minimum atomic E-state index is -0.463. The lowest BCUT2D eigenvalue weighted by atomic mass is 9.98. The topological polar surface area (TPSA) is 52.5 Å². The first-order chi connectivity index (χ1) is 5.74. The van der Waals surface area contributed by atoms with Crippen LogP contribution in [0, 0.1) is 0 Å². The van der Waals surface area contributed by atoms with Gasteiger partial charge in [-0.25, -0.2) is 0 Å². The highest BCUT2D eigenvalue weighted by molar-refractivity contribution is 4.84. The Morgan fingerprint density at radius 1 is 1.17 bits per heavy atom. The fourth-order valence-corrected chi connectivity index (χ4v) is 1.04. The maximum Gasteiger partial charge on any atom is 0.0645 e. The molecule has 0 unspecified atom stereocenters. The fraction of sp³-hybridized carbons (Fsp3) is 1.00. The summed E-state index contributed by atoms with van der Waals surface area (Å²) in [5.41, 5.74) is -0.463. The van der Waals surface area contributed by atoms with Crippen LogP contribution in [0.3, 0.4) is 0 Å². The first-order valence-electron chi connectivity index (χ1n) is 4.71. The summed E-state index contributed by atoms with van der Waals surface area (Å²) in [5, 5.41) is 21.3. The molecule has 0 aliphatic heterocycles. The monoisotopic (exact) mass is 175 g/mol. The van der Waals surface area contributed by atoms with Gasteiger partial charge in [-0.15, -0.1) is 0 Å². The fourth-order valence-electron chi connectivity index (χ4n) is 1.04. The van der Waals surface area contributed by atoms with Gasteiger partial charge >= 0.3 is 0 Å². The van der Waals surface area contributed by atoms with Gasteiger partial charge in [-0.05, 0) is 19.4 Å². The highest BCUT2D eigenvalue weighted by Gasteiger charge is 2.24. The maximum absolute atomic E-state index is 9.05. The summed E-state index contributed by atoms with van der Waals surface area (Å²) in [6, 6.07) is 0. The summed E-state index contributed by atoms with van der Waals surface area (Å²) in [6.45, 7) is 4.96. The van der Waals surface area contributed by atoms with Gasteiger partial charge in [0.15, 0.2) is 0 Å². The number of rotatable bonds is 7. The number of nitrogens with one attached hydrogen (secondary N) is 1. The molecule has 0 bridgehead atoms. The molecule has 0 amide bonds. The molecule has 0 radical (unpaired) electrons. The van der Waals surface area contributed by atoms with Crippen molar-refractivity contribution in [2.45, 2.75) is 38.6 Å². The molecule has 0 rings (SSSR count). The molecule has 0 aromatic heterocycles. The molecule has 0 atom stereocenters. The number of hydrogen-bond acceptors (Lipinski definition) is 3. The second-order valence-electron chi connectivity index (χ2n) is 3.23. The van der Waals surface area contributed by atoms with Crippen LogP contribution in [0.2, 0.25) is 0 Å². The van der Waals surface area contributed by atoms with Gasteiger partial charge in [0.2, 0.25) is 0 Å². The van der Waals surface area contributed by atoms with Crippen molar-refractivity contribution >= 4 is 0 Å². The van der Waals surface area contributed by atoms with Crippen LogP contribution in [-0.2, 0) is 0 Å². The molecule has 74 valence electrons. The van der Waals surface area contributed by atoms with Gasteiger partial charge in [-0.2, -0.15) is 0 Å². The van der Waals surface area contributed by atoms with Crippen molar-refractivity contribution in [3.63, 3.8) is 0 Å². The molecule has 0 fully saturated rings. The van der Waals surface area contributed by atoms with Gasteiger partial charge in [0, 0.05) is 0 Å². The molecular formula is C9H21NO2. The molecule has 0 spiro atoms. The first kappa shape index (κ1) is 11.9. The van der Waals surface area contributed by atoms with Crippen molar-refractivity contribution in [2.24, 2.45) is 0 Å². The summed E-state index contributed by atoms with van der Waals surface area (Å²) in [7, 11) is 0. The van der Waals surface area contributed by atoms with E-state index in [1.807, 2.05) is 6.92 Å². The minimum Gasteiger partial charge on any atom is -0.394 e. The van der Waals surface area contributed by atoms with E-state index in [-0.39, 0.29) is 13.2 Å². The van der Waals surface area contributed by atoms with Gasteiger partial charge in [-0.3, -0.25) is 0 Å². The van der Waals surface area contributed by atoms with Crippen LogP contribution in [0.25, 0.3) is 0 Å². The summed E-state index contributed by atoms with van der Waals surface area (Å²) >= 11 is 0. The molecule has 0 aliphatic carbocycles.